The van der Waals surface area contributed by atoms with Crippen LogP contribution in [0.3, 0.4) is 0 Å². The molecule has 0 aliphatic rings. The maximum absolute atomic E-state index is 13.5. The second-order valence-corrected chi connectivity index (χ2v) is 11.8. The normalized spacial score (nSPS) is 11.8. The third-order valence-corrected chi connectivity index (χ3v) is 8.43. The molecule has 8 nitrogen and oxygen atoms in total. The lowest BCUT2D eigenvalue weighted by molar-refractivity contribution is -0.121. The Balaban J connectivity index is 1.52. The standard InChI is InChI=1S/C29H28Cl2N4O4S/c1-20-13-23(21(2)35(20)26-15-24(30)14-25(31)16-26)17-32-33-29(36)19-34(18-22-7-5-4-6-8-22)40(37,38)28-11-9-27(39-3)10-12-28/h4-17H,18-19H2,1-3H3,(H,33,36). The Labute approximate surface area is 243 Å². The van der Waals surface area contributed by atoms with Gasteiger partial charge < -0.3 is 9.30 Å². The van der Waals surface area contributed by atoms with Crippen molar-refractivity contribution in [2.45, 2.75) is 25.3 Å². The predicted octanol–water partition coefficient (Wildman–Crippen LogP) is 5.75. The number of nitrogens with one attached hydrogen (secondary N) is 1. The number of ether oxygens (including phenoxy) is 1. The Morgan fingerprint density at radius 3 is 2.27 bits per heavy atom. The molecule has 0 unspecified atom stereocenters. The van der Waals surface area contributed by atoms with Gasteiger partial charge in [-0.15, -0.1) is 0 Å². The molecule has 1 N–H and O–H groups in total. The first-order chi connectivity index (χ1) is 19.1. The van der Waals surface area contributed by atoms with Crippen molar-refractivity contribution in [1.29, 1.82) is 0 Å². The number of carbonyl (C=O) groups excluding carboxylic acids is 1. The highest BCUT2D eigenvalue weighted by Crippen LogP contribution is 2.26. The van der Waals surface area contributed by atoms with Crippen LogP contribution < -0.4 is 10.2 Å². The number of amides is 1. The number of hydrogen-bond acceptors (Lipinski definition) is 5. The number of halogens is 2. The molecule has 0 spiro atoms. The Morgan fingerprint density at radius 2 is 1.65 bits per heavy atom. The molecule has 1 aromatic heterocycles. The topological polar surface area (TPSA) is 93.0 Å². The lowest BCUT2D eigenvalue weighted by Gasteiger charge is -2.21. The average Bonchev–Trinajstić information content (AvgIpc) is 3.20. The van der Waals surface area contributed by atoms with Crippen molar-refractivity contribution in [3.8, 4) is 11.4 Å². The highest BCUT2D eigenvalue weighted by atomic mass is 35.5. The molecular weight excluding hydrogens is 571 g/mol. The van der Waals surface area contributed by atoms with Gasteiger partial charge in [0, 0.05) is 39.2 Å². The van der Waals surface area contributed by atoms with Crippen molar-refractivity contribution in [1.82, 2.24) is 14.3 Å². The molecule has 0 radical (unpaired) electrons. The molecule has 1 amide bonds. The van der Waals surface area contributed by atoms with Crippen molar-refractivity contribution in [3.05, 3.63) is 111 Å². The van der Waals surface area contributed by atoms with Crippen LogP contribution in [-0.2, 0) is 21.4 Å². The molecule has 3 aromatic carbocycles. The molecule has 208 valence electrons. The van der Waals surface area contributed by atoms with Crippen molar-refractivity contribution < 1.29 is 17.9 Å². The molecule has 11 heteroatoms. The molecule has 4 rings (SSSR count). The van der Waals surface area contributed by atoms with Gasteiger partial charge in [-0.1, -0.05) is 53.5 Å². The summed E-state index contributed by atoms with van der Waals surface area (Å²) < 4.78 is 35.2. The Bertz CT molecular complexity index is 1620. The molecule has 0 atom stereocenters. The van der Waals surface area contributed by atoms with Crippen molar-refractivity contribution in [3.63, 3.8) is 0 Å². The largest absolute Gasteiger partial charge is 0.497 e. The van der Waals surface area contributed by atoms with Crippen LogP contribution in [0.25, 0.3) is 5.69 Å². The van der Waals surface area contributed by atoms with Gasteiger partial charge in [0.1, 0.15) is 5.75 Å². The summed E-state index contributed by atoms with van der Waals surface area (Å²) in [6.07, 6.45) is 1.52. The van der Waals surface area contributed by atoms with Gasteiger partial charge in [0.2, 0.25) is 10.0 Å². The lowest BCUT2D eigenvalue weighted by atomic mass is 10.2. The maximum atomic E-state index is 13.5. The van der Waals surface area contributed by atoms with Crippen molar-refractivity contribution in [2.75, 3.05) is 13.7 Å². The minimum Gasteiger partial charge on any atom is -0.497 e. The van der Waals surface area contributed by atoms with Gasteiger partial charge in [-0.2, -0.15) is 9.41 Å². The van der Waals surface area contributed by atoms with Crippen LogP contribution in [0.2, 0.25) is 10.0 Å². The summed E-state index contributed by atoms with van der Waals surface area (Å²) in [4.78, 5) is 12.9. The number of methoxy groups -OCH3 is 1. The van der Waals surface area contributed by atoms with E-state index in [0.717, 1.165) is 32.5 Å². The van der Waals surface area contributed by atoms with E-state index in [1.807, 2.05) is 42.7 Å². The molecule has 4 aromatic rings. The van der Waals surface area contributed by atoms with E-state index in [1.165, 1.54) is 25.5 Å². The molecule has 0 saturated carbocycles. The fourth-order valence-electron chi connectivity index (χ4n) is 4.26. The van der Waals surface area contributed by atoms with Crippen LogP contribution in [0, 0.1) is 13.8 Å². The quantitative estimate of drug-likeness (QED) is 0.186. The zero-order valence-corrected chi connectivity index (χ0v) is 24.5. The maximum Gasteiger partial charge on any atom is 0.255 e. The third kappa shape index (κ3) is 6.92. The van der Waals surface area contributed by atoms with Crippen LogP contribution in [0.4, 0.5) is 0 Å². The van der Waals surface area contributed by atoms with Gasteiger partial charge >= 0.3 is 0 Å². The zero-order chi connectivity index (χ0) is 28.9. The number of rotatable bonds is 10. The van der Waals surface area contributed by atoms with Gasteiger partial charge in [0.05, 0.1) is 24.8 Å². The van der Waals surface area contributed by atoms with Crippen molar-refractivity contribution >= 4 is 45.3 Å². The summed E-state index contributed by atoms with van der Waals surface area (Å²) in [5.41, 5.74) is 6.55. The second kappa shape index (κ2) is 12.7. The predicted molar refractivity (Wildman–Crippen MR) is 158 cm³/mol. The first kappa shape index (κ1) is 29.4. The Kier molecular flexibility index (Phi) is 9.32. The van der Waals surface area contributed by atoms with E-state index < -0.39 is 22.5 Å². The van der Waals surface area contributed by atoms with Gasteiger partial charge in [-0.05, 0) is 67.9 Å². The van der Waals surface area contributed by atoms with E-state index in [0.29, 0.717) is 15.8 Å². The number of hydrazone groups is 1. The summed E-state index contributed by atoms with van der Waals surface area (Å²) in [7, 11) is -2.50. The van der Waals surface area contributed by atoms with Crippen LogP contribution in [0.1, 0.15) is 22.5 Å². The lowest BCUT2D eigenvalue weighted by Crippen LogP contribution is -2.39. The van der Waals surface area contributed by atoms with E-state index >= 15 is 0 Å². The molecule has 0 fully saturated rings. The van der Waals surface area contributed by atoms with E-state index in [4.69, 9.17) is 27.9 Å². The van der Waals surface area contributed by atoms with Crippen molar-refractivity contribution in [2.24, 2.45) is 5.10 Å². The first-order valence-electron chi connectivity index (χ1n) is 12.2. The zero-order valence-electron chi connectivity index (χ0n) is 22.1. The fourth-order valence-corrected chi connectivity index (χ4v) is 6.16. The summed E-state index contributed by atoms with van der Waals surface area (Å²) in [5, 5.41) is 5.13. The molecule has 40 heavy (non-hydrogen) atoms. The molecule has 0 aliphatic carbocycles. The Morgan fingerprint density at radius 1 is 1.00 bits per heavy atom. The van der Waals surface area contributed by atoms with Gasteiger partial charge in [0.25, 0.3) is 5.91 Å². The number of benzene rings is 3. The summed E-state index contributed by atoms with van der Waals surface area (Å²) in [6, 6.07) is 22.3. The number of carbonyl (C=O) groups is 1. The van der Waals surface area contributed by atoms with E-state index in [-0.39, 0.29) is 11.4 Å². The highest BCUT2D eigenvalue weighted by Gasteiger charge is 2.27. The van der Waals surface area contributed by atoms with Crippen LogP contribution in [-0.4, -0.2) is 43.1 Å². The van der Waals surface area contributed by atoms with E-state index in [9.17, 15) is 13.2 Å². The smallest absolute Gasteiger partial charge is 0.255 e. The summed E-state index contributed by atoms with van der Waals surface area (Å²) in [6.45, 7) is 3.42. The summed E-state index contributed by atoms with van der Waals surface area (Å²) >= 11 is 12.4. The van der Waals surface area contributed by atoms with Gasteiger partial charge in [0.15, 0.2) is 0 Å². The third-order valence-electron chi connectivity index (χ3n) is 6.19. The minimum atomic E-state index is -4.00. The number of aryl methyl sites for hydroxylation is 1. The average molecular weight is 600 g/mol. The van der Waals surface area contributed by atoms with Gasteiger partial charge in [-0.25, -0.2) is 13.8 Å². The minimum absolute atomic E-state index is 0.00961. The fraction of sp³-hybridized carbons (Fsp3) is 0.172. The van der Waals surface area contributed by atoms with E-state index in [2.05, 4.69) is 10.5 Å². The molecule has 0 saturated heterocycles. The van der Waals surface area contributed by atoms with E-state index in [1.54, 1.807) is 42.5 Å². The highest BCUT2D eigenvalue weighted by molar-refractivity contribution is 7.89. The molecule has 0 aliphatic heterocycles. The van der Waals surface area contributed by atoms with Crippen LogP contribution in [0.15, 0.2) is 88.9 Å². The second-order valence-electron chi connectivity index (χ2n) is 9.02. The first-order valence-corrected chi connectivity index (χ1v) is 14.4. The monoisotopic (exact) mass is 598 g/mol. The summed E-state index contributed by atoms with van der Waals surface area (Å²) in [5.74, 6) is -0.0573. The number of nitrogens with zero attached hydrogens (tertiary/aromatic N) is 3. The number of aromatic nitrogens is 1. The van der Waals surface area contributed by atoms with Crippen LogP contribution in [0.5, 0.6) is 5.75 Å². The Hall–Kier alpha value is -3.63. The van der Waals surface area contributed by atoms with Crippen LogP contribution >= 0.6 is 23.2 Å². The number of sulfonamides is 1. The molecular formula is C29H28Cl2N4O4S. The molecule has 0 bridgehead atoms. The molecule has 1 heterocycles. The SMILES string of the molecule is COc1ccc(S(=O)(=O)N(CC(=O)NN=Cc2cc(C)n(-c3cc(Cl)cc(Cl)c3)c2C)Cc2ccccc2)cc1. The van der Waals surface area contributed by atoms with Gasteiger partial charge in [-0.3, -0.25) is 4.79 Å². The number of hydrogen-bond donors (Lipinski definition) is 1.